The molecule has 0 atom stereocenters. The van der Waals surface area contributed by atoms with Crippen molar-refractivity contribution < 1.29 is 9.53 Å². The van der Waals surface area contributed by atoms with Crippen LogP contribution in [0, 0.1) is 0 Å². The number of carbonyl (C=O) groups excluding carboxylic acids is 1. The summed E-state index contributed by atoms with van der Waals surface area (Å²) in [4.78, 5) is 17.0. The zero-order valence-electron chi connectivity index (χ0n) is 16.6. The van der Waals surface area contributed by atoms with E-state index in [1.807, 2.05) is 54.6 Å². The molecule has 0 saturated carbocycles. The third-order valence-electron chi connectivity index (χ3n) is 4.35. The Labute approximate surface area is 165 Å². The van der Waals surface area contributed by atoms with Gasteiger partial charge in [0.15, 0.2) is 0 Å². The van der Waals surface area contributed by atoms with Crippen LogP contribution < -0.4 is 15.4 Å². The van der Waals surface area contributed by atoms with E-state index in [1.165, 1.54) is 0 Å². The second-order valence-corrected chi connectivity index (χ2v) is 7.53. The number of nitrogens with zero attached hydrogens (tertiary/aromatic N) is 1. The van der Waals surface area contributed by atoms with Crippen LogP contribution in [0.5, 0.6) is 5.75 Å². The van der Waals surface area contributed by atoms with Gasteiger partial charge in [-0.15, -0.1) is 0 Å². The number of amides is 1. The molecule has 0 unspecified atom stereocenters. The number of rotatable bonds is 5. The van der Waals surface area contributed by atoms with Gasteiger partial charge < -0.3 is 15.4 Å². The van der Waals surface area contributed by atoms with Crippen molar-refractivity contribution in [2.24, 2.45) is 0 Å². The van der Waals surface area contributed by atoms with Crippen LogP contribution in [-0.2, 0) is 5.41 Å². The molecule has 0 saturated heterocycles. The number of benzene rings is 2. The molecule has 2 aromatic carbocycles. The molecule has 3 rings (SSSR count). The lowest BCUT2D eigenvalue weighted by molar-refractivity contribution is 0.102. The molecule has 1 aromatic heterocycles. The molecule has 3 aromatic rings. The Hall–Kier alpha value is -3.34. The van der Waals surface area contributed by atoms with Crippen molar-refractivity contribution in [3.05, 3.63) is 78.1 Å². The van der Waals surface area contributed by atoms with Gasteiger partial charge in [0.05, 0.1) is 7.11 Å². The van der Waals surface area contributed by atoms with Gasteiger partial charge >= 0.3 is 0 Å². The molecule has 144 valence electrons. The van der Waals surface area contributed by atoms with Crippen LogP contribution in [0.4, 0.5) is 17.1 Å². The van der Waals surface area contributed by atoms with Crippen LogP contribution in [-0.4, -0.2) is 18.0 Å². The Kier molecular flexibility index (Phi) is 5.64. The number of nitrogens with one attached hydrogen (secondary N) is 2. The van der Waals surface area contributed by atoms with Crippen LogP contribution in [0.3, 0.4) is 0 Å². The van der Waals surface area contributed by atoms with Crippen LogP contribution in [0.1, 0.15) is 36.8 Å². The molecule has 2 N–H and O–H groups in total. The first-order valence-corrected chi connectivity index (χ1v) is 9.15. The maximum atomic E-state index is 12.8. The predicted molar refractivity (Wildman–Crippen MR) is 114 cm³/mol. The minimum absolute atomic E-state index is 0.0743. The van der Waals surface area contributed by atoms with Crippen LogP contribution in [0.25, 0.3) is 0 Å². The Balaban J connectivity index is 1.77. The molecule has 28 heavy (non-hydrogen) atoms. The Morgan fingerprint density at radius 1 is 0.964 bits per heavy atom. The van der Waals surface area contributed by atoms with Crippen LogP contribution in [0.2, 0.25) is 0 Å². The lowest BCUT2D eigenvalue weighted by Gasteiger charge is -2.23. The van der Waals surface area contributed by atoms with E-state index < -0.39 is 0 Å². The van der Waals surface area contributed by atoms with E-state index in [2.05, 4.69) is 36.4 Å². The lowest BCUT2D eigenvalue weighted by atomic mass is 9.86. The van der Waals surface area contributed by atoms with Gasteiger partial charge in [-0.3, -0.25) is 9.78 Å². The Morgan fingerprint density at radius 3 is 2.36 bits per heavy atom. The van der Waals surface area contributed by atoms with Crippen molar-refractivity contribution in [3.63, 3.8) is 0 Å². The molecule has 0 spiro atoms. The van der Waals surface area contributed by atoms with E-state index >= 15 is 0 Å². The first-order chi connectivity index (χ1) is 13.4. The van der Waals surface area contributed by atoms with Crippen molar-refractivity contribution in [2.45, 2.75) is 26.2 Å². The first-order valence-electron chi connectivity index (χ1n) is 9.15. The van der Waals surface area contributed by atoms with Crippen LogP contribution in [0.15, 0.2) is 66.9 Å². The SMILES string of the molecule is COc1ccc(Nc2ccnc(C(=O)Nc3ccccc3C(C)(C)C)c2)cc1. The summed E-state index contributed by atoms with van der Waals surface area (Å²) in [5.41, 5.74) is 3.84. The third-order valence-corrected chi connectivity index (χ3v) is 4.35. The quantitative estimate of drug-likeness (QED) is 0.628. The molecule has 0 fully saturated rings. The minimum Gasteiger partial charge on any atom is -0.497 e. The van der Waals surface area contributed by atoms with Gasteiger partial charge in [-0.25, -0.2) is 0 Å². The summed E-state index contributed by atoms with van der Waals surface area (Å²) in [7, 11) is 1.63. The lowest BCUT2D eigenvalue weighted by Crippen LogP contribution is -2.19. The molecular weight excluding hydrogens is 350 g/mol. The van der Waals surface area contributed by atoms with Crippen molar-refractivity contribution in [2.75, 3.05) is 17.7 Å². The van der Waals surface area contributed by atoms with Crippen molar-refractivity contribution >= 4 is 23.0 Å². The molecule has 1 amide bonds. The van der Waals surface area contributed by atoms with E-state index in [-0.39, 0.29) is 11.3 Å². The highest BCUT2D eigenvalue weighted by Gasteiger charge is 2.19. The fourth-order valence-electron chi connectivity index (χ4n) is 2.91. The molecule has 1 heterocycles. The molecule has 0 bridgehead atoms. The van der Waals surface area contributed by atoms with Crippen molar-refractivity contribution in [1.82, 2.24) is 4.98 Å². The average molecular weight is 375 g/mol. The summed E-state index contributed by atoms with van der Waals surface area (Å²) in [6, 6.07) is 19.0. The zero-order chi connectivity index (χ0) is 20.1. The second kappa shape index (κ2) is 8.13. The highest BCUT2D eigenvalue weighted by atomic mass is 16.5. The Bertz CT molecular complexity index is 960. The van der Waals surface area contributed by atoms with Crippen molar-refractivity contribution in [1.29, 1.82) is 0 Å². The summed E-state index contributed by atoms with van der Waals surface area (Å²) in [6.07, 6.45) is 1.62. The van der Waals surface area contributed by atoms with Gasteiger partial charge in [-0.2, -0.15) is 0 Å². The molecule has 0 aliphatic heterocycles. The normalized spacial score (nSPS) is 11.0. The Morgan fingerprint density at radius 2 is 1.68 bits per heavy atom. The fraction of sp³-hybridized carbons (Fsp3) is 0.217. The zero-order valence-corrected chi connectivity index (χ0v) is 16.6. The molecule has 0 aliphatic carbocycles. The number of para-hydroxylation sites is 1. The smallest absolute Gasteiger partial charge is 0.274 e. The number of pyridine rings is 1. The van der Waals surface area contributed by atoms with E-state index in [0.717, 1.165) is 28.4 Å². The fourth-order valence-corrected chi connectivity index (χ4v) is 2.91. The van der Waals surface area contributed by atoms with Crippen LogP contribution >= 0.6 is 0 Å². The topological polar surface area (TPSA) is 63.2 Å². The van der Waals surface area contributed by atoms with Crippen molar-refractivity contribution in [3.8, 4) is 5.75 Å². The highest BCUT2D eigenvalue weighted by molar-refractivity contribution is 6.03. The summed E-state index contributed by atoms with van der Waals surface area (Å²) in [5, 5.41) is 6.27. The maximum absolute atomic E-state index is 12.8. The standard InChI is InChI=1S/C23H25N3O2/c1-23(2,3)19-7-5-6-8-20(19)26-22(27)21-15-17(13-14-24-21)25-16-9-11-18(28-4)12-10-16/h5-15H,1-4H3,(H,24,25)(H,26,27). The van der Waals surface area contributed by atoms with E-state index in [1.54, 1.807) is 19.4 Å². The monoisotopic (exact) mass is 375 g/mol. The number of hydrogen-bond donors (Lipinski definition) is 2. The van der Waals surface area contributed by atoms with Gasteiger partial charge in [0.25, 0.3) is 5.91 Å². The average Bonchev–Trinajstić information content (AvgIpc) is 2.68. The van der Waals surface area contributed by atoms with Gasteiger partial charge in [0.1, 0.15) is 11.4 Å². The largest absolute Gasteiger partial charge is 0.497 e. The number of anilines is 3. The summed E-state index contributed by atoms with van der Waals surface area (Å²) < 4.78 is 5.17. The molecule has 5 nitrogen and oxygen atoms in total. The van der Waals surface area contributed by atoms with E-state index in [4.69, 9.17) is 4.74 Å². The number of aromatic nitrogens is 1. The van der Waals surface area contributed by atoms with E-state index in [0.29, 0.717) is 5.69 Å². The van der Waals surface area contributed by atoms with E-state index in [9.17, 15) is 4.79 Å². The number of carbonyl (C=O) groups is 1. The van der Waals surface area contributed by atoms with Gasteiger partial charge in [-0.05, 0) is 53.4 Å². The highest BCUT2D eigenvalue weighted by Crippen LogP contribution is 2.29. The number of methoxy groups -OCH3 is 1. The second-order valence-electron chi connectivity index (χ2n) is 7.53. The predicted octanol–water partition coefficient (Wildman–Crippen LogP) is 5.38. The summed E-state index contributed by atoms with van der Waals surface area (Å²) in [6.45, 7) is 6.36. The maximum Gasteiger partial charge on any atom is 0.274 e. The first kappa shape index (κ1) is 19.4. The van der Waals surface area contributed by atoms with Gasteiger partial charge in [-0.1, -0.05) is 39.0 Å². The molecule has 0 aliphatic rings. The number of hydrogen-bond acceptors (Lipinski definition) is 4. The molecule has 5 heteroatoms. The molecular formula is C23H25N3O2. The summed E-state index contributed by atoms with van der Waals surface area (Å²) in [5.74, 6) is 0.549. The van der Waals surface area contributed by atoms with Gasteiger partial charge in [0, 0.05) is 23.3 Å². The number of ether oxygens (including phenoxy) is 1. The summed E-state index contributed by atoms with van der Waals surface area (Å²) >= 11 is 0. The minimum atomic E-state index is -0.241. The van der Waals surface area contributed by atoms with Gasteiger partial charge in [0.2, 0.25) is 0 Å². The molecule has 0 radical (unpaired) electrons. The third kappa shape index (κ3) is 4.68.